The van der Waals surface area contributed by atoms with Crippen LogP contribution in [0.2, 0.25) is 0 Å². The number of nitriles is 1. The molecule has 1 aliphatic rings. The fourth-order valence-corrected chi connectivity index (χ4v) is 4.10. The maximum atomic E-state index is 12.5. The van der Waals surface area contributed by atoms with Crippen molar-refractivity contribution in [3.63, 3.8) is 0 Å². The van der Waals surface area contributed by atoms with Crippen molar-refractivity contribution in [2.75, 3.05) is 37.6 Å². The SMILES string of the molecule is Cc1cc2ncc(C#N)c(N3CCCN(C(=O)CCNS(N)(=O)=O)CC3)c2cc1C. The van der Waals surface area contributed by atoms with Crippen LogP contribution in [0.15, 0.2) is 18.3 Å². The first-order valence-electron chi connectivity index (χ1n) is 9.80. The van der Waals surface area contributed by atoms with Crippen LogP contribution in [0.5, 0.6) is 0 Å². The van der Waals surface area contributed by atoms with Gasteiger partial charge in [-0.15, -0.1) is 0 Å². The van der Waals surface area contributed by atoms with Crippen LogP contribution in [0.1, 0.15) is 29.5 Å². The topological polar surface area (TPSA) is 132 Å². The van der Waals surface area contributed by atoms with E-state index in [-0.39, 0.29) is 18.9 Å². The van der Waals surface area contributed by atoms with E-state index in [1.165, 1.54) is 0 Å². The second-order valence-corrected chi connectivity index (χ2v) is 8.88. The molecule has 0 radical (unpaired) electrons. The van der Waals surface area contributed by atoms with E-state index in [9.17, 15) is 18.5 Å². The van der Waals surface area contributed by atoms with E-state index >= 15 is 0 Å². The van der Waals surface area contributed by atoms with Gasteiger partial charge in [0.05, 0.1) is 16.8 Å². The van der Waals surface area contributed by atoms with Gasteiger partial charge in [-0.25, -0.2) is 9.86 Å². The van der Waals surface area contributed by atoms with Gasteiger partial charge in [0.1, 0.15) is 6.07 Å². The molecule has 2 aromatic rings. The third-order valence-corrected chi connectivity index (χ3v) is 5.99. The summed E-state index contributed by atoms with van der Waals surface area (Å²) in [6.07, 6.45) is 2.41. The van der Waals surface area contributed by atoms with Crippen LogP contribution in [0.3, 0.4) is 0 Å². The molecule has 1 aromatic heterocycles. The largest absolute Gasteiger partial charge is 0.368 e. The van der Waals surface area contributed by atoms with Crippen LogP contribution >= 0.6 is 0 Å². The lowest BCUT2D eigenvalue weighted by Crippen LogP contribution is -2.38. The first-order valence-corrected chi connectivity index (χ1v) is 11.3. The molecule has 0 aliphatic carbocycles. The van der Waals surface area contributed by atoms with E-state index in [0.29, 0.717) is 31.7 Å². The van der Waals surface area contributed by atoms with Crippen molar-refractivity contribution in [2.45, 2.75) is 26.7 Å². The Bertz CT molecular complexity index is 1110. The molecule has 30 heavy (non-hydrogen) atoms. The second-order valence-electron chi connectivity index (χ2n) is 7.50. The van der Waals surface area contributed by atoms with Gasteiger partial charge in [-0.05, 0) is 43.5 Å². The third-order valence-electron chi connectivity index (χ3n) is 5.38. The quantitative estimate of drug-likeness (QED) is 0.726. The van der Waals surface area contributed by atoms with Crippen molar-refractivity contribution in [1.29, 1.82) is 5.26 Å². The van der Waals surface area contributed by atoms with Crippen molar-refractivity contribution < 1.29 is 13.2 Å². The van der Waals surface area contributed by atoms with Gasteiger partial charge in [-0.3, -0.25) is 9.78 Å². The number of benzene rings is 1. The number of anilines is 1. The van der Waals surface area contributed by atoms with Gasteiger partial charge < -0.3 is 9.80 Å². The molecule has 0 atom stereocenters. The van der Waals surface area contributed by atoms with Crippen molar-refractivity contribution in [1.82, 2.24) is 14.6 Å². The fraction of sp³-hybridized carbons (Fsp3) is 0.450. The van der Waals surface area contributed by atoms with E-state index in [4.69, 9.17) is 5.14 Å². The maximum Gasteiger partial charge on any atom is 0.274 e. The number of carbonyl (C=O) groups is 1. The predicted molar refractivity (Wildman–Crippen MR) is 115 cm³/mol. The van der Waals surface area contributed by atoms with Gasteiger partial charge in [0.15, 0.2) is 0 Å². The van der Waals surface area contributed by atoms with E-state index in [0.717, 1.165) is 34.1 Å². The number of nitrogens with two attached hydrogens (primary N) is 1. The molecule has 1 aromatic carbocycles. The number of nitrogens with zero attached hydrogens (tertiary/aromatic N) is 4. The Morgan fingerprint density at radius 3 is 2.67 bits per heavy atom. The summed E-state index contributed by atoms with van der Waals surface area (Å²) in [5, 5.41) is 15.5. The van der Waals surface area contributed by atoms with Gasteiger partial charge in [0, 0.05) is 50.7 Å². The number of amides is 1. The summed E-state index contributed by atoms with van der Waals surface area (Å²) in [6, 6.07) is 6.35. The van der Waals surface area contributed by atoms with Crippen LogP contribution in [0, 0.1) is 25.2 Å². The van der Waals surface area contributed by atoms with Crippen molar-refractivity contribution in [3.8, 4) is 6.07 Å². The molecule has 1 saturated heterocycles. The first-order chi connectivity index (χ1) is 14.2. The minimum absolute atomic E-state index is 0.0237. The van der Waals surface area contributed by atoms with Gasteiger partial charge in [-0.1, -0.05) is 0 Å². The molecule has 0 spiro atoms. The average Bonchev–Trinajstić information content (AvgIpc) is 2.93. The highest BCUT2D eigenvalue weighted by Gasteiger charge is 2.23. The second kappa shape index (κ2) is 8.95. The molecule has 0 unspecified atom stereocenters. The van der Waals surface area contributed by atoms with E-state index < -0.39 is 10.2 Å². The number of nitrogens with one attached hydrogen (secondary N) is 1. The number of fused-ring (bicyclic) bond motifs is 1. The summed E-state index contributed by atoms with van der Waals surface area (Å²) in [6.45, 7) is 6.41. The Morgan fingerprint density at radius 1 is 1.23 bits per heavy atom. The smallest absolute Gasteiger partial charge is 0.274 e. The Hall–Kier alpha value is -2.74. The molecule has 160 valence electrons. The number of carbonyl (C=O) groups excluding carboxylic acids is 1. The summed E-state index contributed by atoms with van der Waals surface area (Å²) in [7, 11) is -3.80. The van der Waals surface area contributed by atoms with Crippen LogP contribution in [0.25, 0.3) is 10.9 Å². The summed E-state index contributed by atoms with van der Waals surface area (Å²) in [4.78, 5) is 20.8. The van der Waals surface area contributed by atoms with E-state index in [1.54, 1.807) is 11.1 Å². The maximum absolute atomic E-state index is 12.5. The van der Waals surface area contributed by atoms with Gasteiger partial charge in [0.2, 0.25) is 5.91 Å². The Labute approximate surface area is 176 Å². The van der Waals surface area contributed by atoms with Gasteiger partial charge >= 0.3 is 0 Å². The molecule has 0 bridgehead atoms. The van der Waals surface area contributed by atoms with Gasteiger partial charge in [-0.2, -0.15) is 13.7 Å². The molecule has 3 rings (SSSR count). The standard InChI is InChI=1S/C20H26N6O3S/c1-14-10-17-18(11-15(14)2)23-13-16(12-21)20(17)26-7-3-6-25(8-9-26)19(27)4-5-24-30(22,28)29/h10-11,13,24H,3-9H2,1-2H3,(H2,22,28,29). The van der Waals surface area contributed by atoms with E-state index in [2.05, 4.69) is 26.7 Å². The number of pyridine rings is 1. The zero-order chi connectivity index (χ0) is 21.9. The van der Waals surface area contributed by atoms with Crippen molar-refractivity contribution in [2.24, 2.45) is 5.14 Å². The molecular weight excluding hydrogens is 404 g/mol. The fourth-order valence-electron chi connectivity index (χ4n) is 3.71. The Morgan fingerprint density at radius 2 is 1.97 bits per heavy atom. The number of aryl methyl sites for hydroxylation is 2. The third kappa shape index (κ3) is 5.05. The van der Waals surface area contributed by atoms with Crippen LogP contribution in [0.4, 0.5) is 5.69 Å². The number of aromatic nitrogens is 1. The number of rotatable bonds is 5. The summed E-state index contributed by atoms with van der Waals surface area (Å²) in [5.41, 5.74) is 4.50. The summed E-state index contributed by atoms with van der Waals surface area (Å²) >= 11 is 0. The number of hydrogen-bond acceptors (Lipinski definition) is 6. The lowest BCUT2D eigenvalue weighted by Gasteiger charge is -2.26. The molecule has 1 aliphatic heterocycles. The Balaban J connectivity index is 1.80. The average molecular weight is 431 g/mol. The van der Waals surface area contributed by atoms with Crippen molar-refractivity contribution in [3.05, 3.63) is 35.0 Å². The van der Waals surface area contributed by atoms with Crippen LogP contribution in [-0.2, 0) is 15.0 Å². The first kappa shape index (κ1) is 22.0. The predicted octanol–water partition coefficient (Wildman–Crippen LogP) is 0.945. The molecule has 1 fully saturated rings. The zero-order valence-corrected chi connectivity index (χ0v) is 18.0. The highest BCUT2D eigenvalue weighted by Crippen LogP contribution is 2.32. The normalized spacial score (nSPS) is 15.1. The van der Waals surface area contributed by atoms with Crippen LogP contribution < -0.4 is 14.8 Å². The van der Waals surface area contributed by atoms with Crippen molar-refractivity contribution >= 4 is 32.7 Å². The highest BCUT2D eigenvalue weighted by molar-refractivity contribution is 7.87. The van der Waals surface area contributed by atoms with E-state index in [1.807, 2.05) is 19.9 Å². The zero-order valence-electron chi connectivity index (χ0n) is 17.2. The number of hydrogen-bond donors (Lipinski definition) is 2. The Kier molecular flexibility index (Phi) is 6.55. The summed E-state index contributed by atoms with van der Waals surface area (Å²) < 4.78 is 24.1. The molecular formula is C20H26N6O3S. The monoisotopic (exact) mass is 430 g/mol. The minimum Gasteiger partial charge on any atom is -0.368 e. The van der Waals surface area contributed by atoms with Gasteiger partial charge in [0.25, 0.3) is 10.2 Å². The molecule has 1 amide bonds. The minimum atomic E-state index is -3.80. The molecule has 2 heterocycles. The lowest BCUT2D eigenvalue weighted by molar-refractivity contribution is -0.130. The molecule has 3 N–H and O–H groups in total. The highest BCUT2D eigenvalue weighted by atomic mass is 32.2. The molecule has 0 saturated carbocycles. The van der Waals surface area contributed by atoms with Crippen LogP contribution in [-0.4, -0.2) is 56.9 Å². The lowest BCUT2D eigenvalue weighted by atomic mass is 10.0. The summed E-state index contributed by atoms with van der Waals surface area (Å²) in [5.74, 6) is -0.125. The molecule has 9 nitrogen and oxygen atoms in total. The molecule has 10 heteroatoms.